The molecule has 0 fully saturated rings. The molecule has 1 heterocycles. The smallest absolute Gasteiger partial charge is 0.232 e. The number of aliphatic hydroxyl groups is 1. The predicted molar refractivity (Wildman–Crippen MR) is 82.7 cm³/mol. The van der Waals surface area contributed by atoms with Crippen molar-refractivity contribution in [1.29, 1.82) is 0 Å². The van der Waals surface area contributed by atoms with Crippen LogP contribution in [0.1, 0.15) is 12.5 Å². The number of amides is 1. The highest BCUT2D eigenvalue weighted by Gasteiger charge is 2.46. The van der Waals surface area contributed by atoms with Gasteiger partial charge < -0.3 is 10.8 Å². The number of rotatable bonds is 7. The average Bonchev–Trinajstić information content (AvgIpc) is 2.97. The standard InChI is InChI=1S/C14H16F2N4O4S/c1-9(25(23,24)5-13(17)21)14(22,6-20-8-18-7-19-20)11-3-2-10(15)4-12(11)16/h2-4,7-9,22H,5-6H2,1H3,(H2,17,21)/t9-,14-/m1/s1. The Morgan fingerprint density at radius 1 is 1.44 bits per heavy atom. The molecule has 1 aromatic carbocycles. The van der Waals surface area contributed by atoms with Crippen LogP contribution in [0.2, 0.25) is 0 Å². The lowest BCUT2D eigenvalue weighted by Gasteiger charge is -2.34. The summed E-state index contributed by atoms with van der Waals surface area (Å²) in [7, 11) is -4.24. The molecule has 2 aromatic rings. The highest BCUT2D eigenvalue weighted by Crippen LogP contribution is 2.33. The van der Waals surface area contributed by atoms with Gasteiger partial charge in [0.1, 0.15) is 35.6 Å². The van der Waals surface area contributed by atoms with Gasteiger partial charge in [-0.25, -0.2) is 26.9 Å². The van der Waals surface area contributed by atoms with Gasteiger partial charge in [-0.3, -0.25) is 4.79 Å². The zero-order chi connectivity index (χ0) is 18.8. The molecule has 136 valence electrons. The van der Waals surface area contributed by atoms with Gasteiger partial charge in [0, 0.05) is 11.6 Å². The van der Waals surface area contributed by atoms with Gasteiger partial charge in [-0.2, -0.15) is 5.10 Å². The Balaban J connectivity index is 2.57. The number of benzene rings is 1. The quantitative estimate of drug-likeness (QED) is 0.687. The van der Waals surface area contributed by atoms with Gasteiger partial charge in [0.2, 0.25) is 5.91 Å². The Morgan fingerprint density at radius 2 is 2.12 bits per heavy atom. The minimum absolute atomic E-state index is 0.454. The van der Waals surface area contributed by atoms with Gasteiger partial charge in [0.25, 0.3) is 0 Å². The lowest BCUT2D eigenvalue weighted by molar-refractivity contribution is -0.115. The van der Waals surface area contributed by atoms with Crippen molar-refractivity contribution in [2.45, 2.75) is 24.3 Å². The number of hydrogen-bond acceptors (Lipinski definition) is 6. The Hall–Kier alpha value is -2.40. The van der Waals surface area contributed by atoms with Crippen LogP contribution in [-0.4, -0.2) is 45.2 Å². The molecule has 0 bridgehead atoms. The summed E-state index contributed by atoms with van der Waals surface area (Å²) in [6.07, 6.45) is 2.34. The molecule has 2 rings (SSSR count). The summed E-state index contributed by atoms with van der Waals surface area (Å²) in [6.45, 7) is 0.618. The van der Waals surface area contributed by atoms with E-state index in [0.717, 1.165) is 30.1 Å². The van der Waals surface area contributed by atoms with Gasteiger partial charge in [-0.05, 0) is 13.0 Å². The fourth-order valence-electron chi connectivity index (χ4n) is 2.45. The number of halogens is 2. The van der Waals surface area contributed by atoms with Crippen molar-refractivity contribution in [1.82, 2.24) is 14.8 Å². The summed E-state index contributed by atoms with van der Waals surface area (Å²) < 4.78 is 53.3. The molecule has 8 nitrogen and oxygen atoms in total. The van der Waals surface area contributed by atoms with E-state index >= 15 is 0 Å². The summed E-state index contributed by atoms with van der Waals surface area (Å²) in [5.41, 5.74) is 2.13. The molecule has 0 spiro atoms. The van der Waals surface area contributed by atoms with Crippen LogP contribution in [0, 0.1) is 11.6 Å². The van der Waals surface area contributed by atoms with Gasteiger partial charge in [0.15, 0.2) is 9.84 Å². The summed E-state index contributed by atoms with van der Waals surface area (Å²) in [4.78, 5) is 14.7. The predicted octanol–water partition coefficient (Wildman–Crippen LogP) is -0.267. The minimum atomic E-state index is -4.24. The molecule has 2 atom stereocenters. The molecule has 0 saturated heterocycles. The molecule has 11 heteroatoms. The van der Waals surface area contributed by atoms with Crippen LogP contribution in [0.4, 0.5) is 8.78 Å². The number of sulfone groups is 1. The molecule has 25 heavy (non-hydrogen) atoms. The second-order valence-electron chi connectivity index (χ2n) is 5.56. The molecule has 0 aliphatic carbocycles. The third kappa shape index (κ3) is 3.99. The Bertz CT molecular complexity index is 873. The second kappa shape index (κ2) is 6.84. The molecule has 1 amide bonds. The van der Waals surface area contributed by atoms with E-state index in [1.165, 1.54) is 6.33 Å². The lowest BCUT2D eigenvalue weighted by Crippen LogP contribution is -2.48. The molecular weight excluding hydrogens is 358 g/mol. The van der Waals surface area contributed by atoms with Crippen LogP contribution < -0.4 is 5.73 Å². The summed E-state index contributed by atoms with van der Waals surface area (Å²) >= 11 is 0. The molecule has 0 aliphatic rings. The van der Waals surface area contributed by atoms with Crippen molar-refractivity contribution in [3.8, 4) is 0 Å². The van der Waals surface area contributed by atoms with Crippen molar-refractivity contribution >= 4 is 15.7 Å². The van der Waals surface area contributed by atoms with Crippen LogP contribution in [0.3, 0.4) is 0 Å². The monoisotopic (exact) mass is 374 g/mol. The zero-order valence-corrected chi connectivity index (χ0v) is 13.9. The number of nitrogens with zero attached hydrogens (tertiary/aromatic N) is 3. The minimum Gasteiger partial charge on any atom is -0.382 e. The van der Waals surface area contributed by atoms with Crippen LogP contribution in [0.15, 0.2) is 30.9 Å². The second-order valence-corrected chi connectivity index (χ2v) is 7.88. The molecule has 0 radical (unpaired) electrons. The molecule has 0 unspecified atom stereocenters. The molecule has 0 saturated carbocycles. The first-order valence-electron chi connectivity index (χ1n) is 7.06. The topological polar surface area (TPSA) is 128 Å². The van der Waals surface area contributed by atoms with Gasteiger partial charge in [-0.1, -0.05) is 6.07 Å². The lowest BCUT2D eigenvalue weighted by atomic mass is 9.90. The first-order valence-corrected chi connectivity index (χ1v) is 8.78. The highest BCUT2D eigenvalue weighted by molar-refractivity contribution is 7.92. The number of hydrogen-bond donors (Lipinski definition) is 2. The maximum Gasteiger partial charge on any atom is 0.232 e. The maximum absolute atomic E-state index is 14.3. The Labute approximate surface area is 142 Å². The fraction of sp³-hybridized carbons (Fsp3) is 0.357. The van der Waals surface area contributed by atoms with E-state index in [1.807, 2.05) is 0 Å². The Morgan fingerprint density at radius 3 is 2.64 bits per heavy atom. The van der Waals surface area contributed by atoms with Crippen LogP contribution in [0.25, 0.3) is 0 Å². The zero-order valence-electron chi connectivity index (χ0n) is 13.1. The average molecular weight is 374 g/mol. The SMILES string of the molecule is C[C@H]([C@](O)(Cn1cncn1)c1ccc(F)cc1F)S(=O)(=O)CC(N)=O. The van der Waals surface area contributed by atoms with E-state index in [-0.39, 0.29) is 0 Å². The number of carbonyl (C=O) groups is 1. The normalized spacial score (nSPS) is 15.5. The van der Waals surface area contributed by atoms with Crippen LogP contribution in [0.5, 0.6) is 0 Å². The van der Waals surface area contributed by atoms with Crippen molar-refractivity contribution in [2.75, 3.05) is 5.75 Å². The van der Waals surface area contributed by atoms with Crippen LogP contribution in [-0.2, 0) is 26.8 Å². The summed E-state index contributed by atoms with van der Waals surface area (Å²) in [5.74, 6) is -4.17. The Kier molecular flexibility index (Phi) is 5.18. The number of carbonyl (C=O) groups excluding carboxylic acids is 1. The van der Waals surface area contributed by atoms with E-state index in [9.17, 15) is 27.1 Å². The third-order valence-corrected chi connectivity index (χ3v) is 5.98. The van der Waals surface area contributed by atoms with Crippen molar-refractivity contribution in [3.05, 3.63) is 48.1 Å². The van der Waals surface area contributed by atoms with Gasteiger partial charge in [0.05, 0.1) is 11.8 Å². The summed E-state index contributed by atoms with van der Waals surface area (Å²) in [5, 5.41) is 13.2. The molecule has 3 N–H and O–H groups in total. The first kappa shape index (κ1) is 18.9. The molecular formula is C14H16F2N4O4S. The molecule has 1 aromatic heterocycles. The highest BCUT2D eigenvalue weighted by atomic mass is 32.2. The number of primary amides is 1. The van der Waals surface area contributed by atoms with E-state index < -0.39 is 56.1 Å². The number of aromatic nitrogens is 3. The maximum atomic E-state index is 14.3. The van der Waals surface area contributed by atoms with E-state index in [0.29, 0.717) is 6.07 Å². The van der Waals surface area contributed by atoms with Crippen molar-refractivity contribution in [2.24, 2.45) is 5.73 Å². The van der Waals surface area contributed by atoms with E-state index in [2.05, 4.69) is 10.1 Å². The van der Waals surface area contributed by atoms with Gasteiger partial charge >= 0.3 is 0 Å². The van der Waals surface area contributed by atoms with Crippen LogP contribution >= 0.6 is 0 Å². The molecule has 0 aliphatic heterocycles. The van der Waals surface area contributed by atoms with Crippen molar-refractivity contribution < 1.29 is 27.1 Å². The van der Waals surface area contributed by atoms with Gasteiger partial charge in [-0.15, -0.1) is 0 Å². The number of nitrogens with two attached hydrogens (primary N) is 1. The van der Waals surface area contributed by atoms with Crippen molar-refractivity contribution in [3.63, 3.8) is 0 Å². The fourth-order valence-corrected chi connectivity index (χ4v) is 3.90. The largest absolute Gasteiger partial charge is 0.382 e. The third-order valence-electron chi connectivity index (χ3n) is 3.82. The van der Waals surface area contributed by atoms with E-state index in [1.54, 1.807) is 0 Å². The summed E-state index contributed by atoms with van der Waals surface area (Å²) in [6, 6.07) is 2.35. The van der Waals surface area contributed by atoms with E-state index in [4.69, 9.17) is 5.73 Å². The first-order chi connectivity index (χ1) is 11.6.